The molecule has 0 saturated carbocycles. The lowest BCUT2D eigenvalue weighted by molar-refractivity contribution is -0.160. The van der Waals surface area contributed by atoms with Crippen molar-refractivity contribution >= 4 is 40.1 Å². The first kappa shape index (κ1) is 41.8. The molecule has 0 saturated heterocycles. The summed E-state index contributed by atoms with van der Waals surface area (Å²) in [5, 5.41) is 56.9. The molecule has 0 aliphatic carbocycles. The summed E-state index contributed by atoms with van der Waals surface area (Å²) in [4.78, 5) is 52.2. The van der Waals surface area contributed by atoms with Crippen molar-refractivity contribution in [2.45, 2.75) is 85.6 Å². The van der Waals surface area contributed by atoms with Crippen molar-refractivity contribution in [3.8, 4) is 23.0 Å². The van der Waals surface area contributed by atoms with Crippen LogP contribution in [0.3, 0.4) is 0 Å². The van der Waals surface area contributed by atoms with E-state index < -0.39 is 101 Å². The SMILES string of the molecule is CO[C@H]1/C=C/O[C@@]2(C)Oc3c(C)c(O)c4c(O)c(cc(OC(=O)CO)c4c3C2=O)NC(=O)/C(C)=C\C=C\[C@H](C)[C@H](O)[C@@H](C)[C@@H](O)[C@@H](C)[C@H](OC(C)=O)[C@@H]1C. The molecule has 15 heteroatoms. The molecular formula is C39H49NO14. The van der Waals surface area contributed by atoms with Gasteiger partial charge in [0.05, 0.1) is 41.2 Å². The van der Waals surface area contributed by atoms with Gasteiger partial charge in [-0.2, -0.15) is 0 Å². The summed E-state index contributed by atoms with van der Waals surface area (Å²) in [6, 6.07) is 1.07. The molecule has 0 radical (unpaired) electrons. The van der Waals surface area contributed by atoms with E-state index in [1.165, 1.54) is 47.0 Å². The molecule has 0 unspecified atom stereocenters. The second kappa shape index (κ2) is 16.6. The van der Waals surface area contributed by atoms with Crippen molar-refractivity contribution in [2.75, 3.05) is 19.0 Å². The lowest BCUT2D eigenvalue weighted by Crippen LogP contribution is -2.46. The van der Waals surface area contributed by atoms with Crippen LogP contribution in [-0.4, -0.2) is 93.1 Å². The third kappa shape index (κ3) is 8.09. The highest BCUT2D eigenvalue weighted by Crippen LogP contribution is 2.54. The van der Waals surface area contributed by atoms with Gasteiger partial charge in [-0.05, 0) is 19.9 Å². The second-order valence-corrected chi connectivity index (χ2v) is 14.0. The number of nitrogens with one attached hydrogen (secondary N) is 1. The number of fused-ring (bicyclic) bond motifs is 14. The van der Waals surface area contributed by atoms with E-state index in [-0.39, 0.29) is 38.9 Å². The number of hydrogen-bond donors (Lipinski definition) is 6. The third-order valence-electron chi connectivity index (χ3n) is 10.2. The Hall–Kier alpha value is -4.96. The van der Waals surface area contributed by atoms with Gasteiger partial charge in [-0.25, -0.2) is 4.79 Å². The molecule has 9 atom stereocenters. The topological polar surface area (TPSA) is 228 Å². The number of methoxy groups -OCH3 is 1. The number of aliphatic hydroxyl groups excluding tert-OH is 3. The molecule has 0 spiro atoms. The van der Waals surface area contributed by atoms with E-state index in [2.05, 4.69) is 5.32 Å². The number of phenols is 2. The van der Waals surface area contributed by atoms with E-state index in [1.54, 1.807) is 39.8 Å². The highest BCUT2D eigenvalue weighted by molar-refractivity contribution is 6.21. The largest absolute Gasteiger partial charge is 0.507 e. The monoisotopic (exact) mass is 755 g/mol. The van der Waals surface area contributed by atoms with Gasteiger partial charge in [-0.3, -0.25) is 14.4 Å². The van der Waals surface area contributed by atoms with Crippen LogP contribution in [-0.2, 0) is 28.6 Å². The van der Waals surface area contributed by atoms with E-state index in [1.807, 2.05) is 0 Å². The van der Waals surface area contributed by atoms with Crippen molar-refractivity contribution in [2.24, 2.45) is 23.7 Å². The summed E-state index contributed by atoms with van der Waals surface area (Å²) in [6.07, 6.45) is 3.32. The van der Waals surface area contributed by atoms with Crippen molar-refractivity contribution in [3.63, 3.8) is 0 Å². The van der Waals surface area contributed by atoms with Crippen molar-refractivity contribution < 1.29 is 68.4 Å². The summed E-state index contributed by atoms with van der Waals surface area (Å²) in [6.45, 7) is 11.2. The number of aromatic hydroxyl groups is 2. The summed E-state index contributed by atoms with van der Waals surface area (Å²) in [5.41, 5.74) is -0.365. The average Bonchev–Trinajstić information content (AvgIpc) is 3.39. The minimum absolute atomic E-state index is 0.0118. The number of phenolic OH excluding ortho intramolecular Hbond substituents is 2. The number of amides is 1. The summed E-state index contributed by atoms with van der Waals surface area (Å²) in [5.74, 6) is -9.62. The van der Waals surface area contributed by atoms with E-state index in [9.17, 15) is 44.7 Å². The summed E-state index contributed by atoms with van der Waals surface area (Å²) < 4.78 is 28.7. The zero-order chi connectivity index (χ0) is 40.4. The van der Waals surface area contributed by atoms with Crippen LogP contribution in [0.1, 0.15) is 64.4 Å². The van der Waals surface area contributed by atoms with E-state index in [4.69, 9.17) is 23.7 Å². The molecule has 15 nitrogen and oxygen atoms in total. The highest BCUT2D eigenvalue weighted by Gasteiger charge is 2.50. The number of carbonyl (C=O) groups is 4. The van der Waals surface area contributed by atoms with Crippen molar-refractivity contribution in [1.29, 1.82) is 0 Å². The fraction of sp³-hybridized carbons (Fsp3) is 0.487. The van der Waals surface area contributed by atoms with Crippen LogP contribution < -0.4 is 14.8 Å². The van der Waals surface area contributed by atoms with Crippen LogP contribution in [0.25, 0.3) is 10.8 Å². The number of ether oxygens (including phenoxy) is 5. The number of carbonyl (C=O) groups excluding carboxylic acids is 4. The molecule has 5 rings (SSSR count). The van der Waals surface area contributed by atoms with Gasteiger partial charge in [-0.1, -0.05) is 45.9 Å². The molecule has 1 amide bonds. The minimum Gasteiger partial charge on any atom is -0.507 e. The predicted molar refractivity (Wildman–Crippen MR) is 195 cm³/mol. The quantitative estimate of drug-likeness (QED) is 0.148. The first-order chi connectivity index (χ1) is 25.3. The number of hydrogen-bond acceptors (Lipinski definition) is 14. The van der Waals surface area contributed by atoms with Gasteiger partial charge in [0.2, 0.25) is 0 Å². The maximum absolute atomic E-state index is 14.2. The molecule has 6 N–H and O–H groups in total. The van der Waals surface area contributed by atoms with Crippen LogP contribution in [0.5, 0.6) is 23.0 Å². The maximum Gasteiger partial charge on any atom is 0.337 e. The number of esters is 2. The van der Waals surface area contributed by atoms with Gasteiger partial charge in [0.1, 0.15) is 30.0 Å². The first-order valence-electron chi connectivity index (χ1n) is 17.5. The highest BCUT2D eigenvalue weighted by atomic mass is 16.7. The maximum atomic E-state index is 14.2. The van der Waals surface area contributed by atoms with Crippen molar-refractivity contribution in [1.82, 2.24) is 0 Å². The molecule has 0 aromatic heterocycles. The summed E-state index contributed by atoms with van der Waals surface area (Å²) in [7, 11) is 1.41. The Bertz CT molecular complexity index is 1900. The zero-order valence-electron chi connectivity index (χ0n) is 31.7. The lowest BCUT2D eigenvalue weighted by atomic mass is 9.78. The van der Waals surface area contributed by atoms with Gasteiger partial charge in [-0.15, -0.1) is 0 Å². The van der Waals surface area contributed by atoms with Crippen LogP contribution in [0.4, 0.5) is 5.69 Å². The van der Waals surface area contributed by atoms with Crippen molar-refractivity contribution in [3.05, 3.63) is 53.3 Å². The van der Waals surface area contributed by atoms with Gasteiger partial charge < -0.3 is 54.5 Å². The average molecular weight is 756 g/mol. The fourth-order valence-electron chi connectivity index (χ4n) is 6.87. The molecular weight excluding hydrogens is 706 g/mol. The molecule has 5 bridgehead atoms. The Morgan fingerprint density at radius 2 is 1.63 bits per heavy atom. The van der Waals surface area contributed by atoms with E-state index >= 15 is 0 Å². The number of benzene rings is 2. The number of ketones is 1. The fourth-order valence-corrected chi connectivity index (χ4v) is 6.87. The van der Waals surface area contributed by atoms with Gasteiger partial charge in [0, 0.05) is 67.2 Å². The Morgan fingerprint density at radius 3 is 2.24 bits per heavy atom. The van der Waals surface area contributed by atoms with Crippen LogP contribution >= 0.6 is 0 Å². The van der Waals surface area contributed by atoms with Gasteiger partial charge in [0.25, 0.3) is 11.7 Å². The lowest BCUT2D eigenvalue weighted by Gasteiger charge is -2.38. The zero-order valence-corrected chi connectivity index (χ0v) is 31.7. The van der Waals surface area contributed by atoms with E-state index in [0.29, 0.717) is 0 Å². The third-order valence-corrected chi connectivity index (χ3v) is 10.2. The van der Waals surface area contributed by atoms with Gasteiger partial charge >= 0.3 is 17.7 Å². The molecule has 54 heavy (non-hydrogen) atoms. The van der Waals surface area contributed by atoms with Gasteiger partial charge in [0.15, 0.2) is 5.75 Å². The number of Topliss-reactive ketones (excluding diaryl/α,β-unsaturated/α-hetero) is 1. The molecule has 3 heterocycles. The number of aliphatic hydroxyl groups is 3. The number of anilines is 1. The second-order valence-electron chi connectivity index (χ2n) is 14.0. The molecule has 3 aliphatic heterocycles. The molecule has 2 aromatic carbocycles. The molecule has 2 aromatic rings. The van der Waals surface area contributed by atoms with Crippen LogP contribution in [0.15, 0.2) is 42.2 Å². The smallest absolute Gasteiger partial charge is 0.337 e. The Balaban J connectivity index is 1.94. The standard InChI is InChI=1S/C39H49NO14/c1-17-11-10-12-18(2)38(49)40-24-15-26(53-27(43)16-41)28-29(34(24)47)33(46)22(6)36-30(28)37(48)39(8,54-36)51-14-13-25(50-9)19(3)35(52-23(7)42)21(5)32(45)20(4)31(17)44/h10-15,17,19-21,25,31-32,35,41,44-47H,16H2,1-9H3,(H,40,49)/b11-10+,14-13+,18-12-/t17-,19+,20+,21+,25-,31-,32+,35+,39-/m0/s1. The first-order valence-corrected chi connectivity index (χ1v) is 17.5. The predicted octanol–water partition coefficient (Wildman–Crippen LogP) is 3.95. The summed E-state index contributed by atoms with van der Waals surface area (Å²) >= 11 is 0. The Kier molecular flexibility index (Phi) is 12.8. The van der Waals surface area contributed by atoms with Crippen LogP contribution in [0, 0.1) is 30.6 Å². The van der Waals surface area contributed by atoms with Crippen LogP contribution in [0.2, 0.25) is 0 Å². The Morgan fingerprint density at radius 1 is 0.963 bits per heavy atom. The molecule has 3 aliphatic rings. The normalized spacial score (nSPS) is 31.5. The Labute approximate surface area is 312 Å². The number of rotatable bonds is 4. The van der Waals surface area contributed by atoms with E-state index in [0.717, 1.165) is 12.3 Å². The molecule has 294 valence electrons. The molecule has 0 fully saturated rings. The minimum atomic E-state index is -2.07. The number of allylic oxidation sites excluding steroid dienone is 2.